The molecule has 1 atom stereocenters. The Bertz CT molecular complexity index is 788. The molecule has 7 heteroatoms. The molecule has 0 saturated carbocycles. The summed E-state index contributed by atoms with van der Waals surface area (Å²) in [4.78, 5) is 42.2. The van der Waals surface area contributed by atoms with Gasteiger partial charge in [-0.1, -0.05) is 13.8 Å². The van der Waals surface area contributed by atoms with E-state index in [-0.39, 0.29) is 29.4 Å². The molecule has 0 aromatic heterocycles. The summed E-state index contributed by atoms with van der Waals surface area (Å²) in [6.07, 6.45) is 1.66. The first kappa shape index (κ1) is 21.3. The molecule has 2 saturated heterocycles. The summed E-state index contributed by atoms with van der Waals surface area (Å²) < 4.78 is 14.4. The Hall–Kier alpha value is -2.44. The highest BCUT2D eigenvalue weighted by Crippen LogP contribution is 2.25. The lowest BCUT2D eigenvalue weighted by Crippen LogP contribution is -2.53. The molecule has 1 aromatic rings. The van der Waals surface area contributed by atoms with E-state index < -0.39 is 5.82 Å². The van der Waals surface area contributed by atoms with Crippen molar-refractivity contribution in [3.63, 3.8) is 0 Å². The molecule has 0 aliphatic carbocycles. The van der Waals surface area contributed by atoms with Crippen LogP contribution >= 0.6 is 0 Å². The second-order valence-corrected chi connectivity index (χ2v) is 8.31. The molecule has 2 aliphatic heterocycles. The van der Waals surface area contributed by atoms with Gasteiger partial charge in [-0.25, -0.2) is 4.39 Å². The molecular weight excluding hydrogens is 373 g/mol. The normalized spacial score (nSPS) is 20.2. The van der Waals surface area contributed by atoms with Gasteiger partial charge in [0, 0.05) is 50.7 Å². The van der Waals surface area contributed by atoms with Gasteiger partial charge in [0.25, 0.3) is 0 Å². The number of carbonyl (C=O) groups excluding carboxylic acids is 3. The van der Waals surface area contributed by atoms with Crippen LogP contribution in [0.3, 0.4) is 0 Å². The summed E-state index contributed by atoms with van der Waals surface area (Å²) in [5, 5.41) is 0. The summed E-state index contributed by atoms with van der Waals surface area (Å²) in [6.45, 7) is 8.56. The Labute approximate surface area is 171 Å². The van der Waals surface area contributed by atoms with Crippen molar-refractivity contribution in [2.45, 2.75) is 33.6 Å². The van der Waals surface area contributed by atoms with Crippen molar-refractivity contribution in [2.24, 2.45) is 11.8 Å². The molecule has 2 heterocycles. The SMILES string of the molecule is CC(=O)c1ccc(N2CCN(C(=O)C3CCCN(C(=O)C(C)C)C3)CC2)c(F)c1. The zero-order valence-electron chi connectivity index (χ0n) is 17.5. The minimum absolute atomic E-state index is 0.0586. The van der Waals surface area contributed by atoms with E-state index in [1.54, 1.807) is 12.1 Å². The van der Waals surface area contributed by atoms with Crippen LogP contribution < -0.4 is 4.90 Å². The molecule has 1 aromatic carbocycles. The molecule has 158 valence electrons. The lowest BCUT2D eigenvalue weighted by atomic mass is 9.95. The van der Waals surface area contributed by atoms with E-state index in [0.29, 0.717) is 44.0 Å². The second-order valence-electron chi connectivity index (χ2n) is 8.31. The van der Waals surface area contributed by atoms with Crippen LogP contribution in [0.5, 0.6) is 0 Å². The van der Waals surface area contributed by atoms with Gasteiger partial charge in [0.1, 0.15) is 5.82 Å². The van der Waals surface area contributed by atoms with Crippen LogP contribution in [0.25, 0.3) is 0 Å². The van der Waals surface area contributed by atoms with E-state index in [0.717, 1.165) is 19.4 Å². The zero-order valence-corrected chi connectivity index (χ0v) is 17.5. The van der Waals surface area contributed by atoms with Crippen molar-refractivity contribution in [3.05, 3.63) is 29.6 Å². The van der Waals surface area contributed by atoms with Gasteiger partial charge in [-0.05, 0) is 38.0 Å². The van der Waals surface area contributed by atoms with Gasteiger partial charge in [-0.15, -0.1) is 0 Å². The Balaban J connectivity index is 1.58. The lowest BCUT2D eigenvalue weighted by Gasteiger charge is -2.40. The smallest absolute Gasteiger partial charge is 0.227 e. The Morgan fingerprint density at radius 3 is 2.31 bits per heavy atom. The quantitative estimate of drug-likeness (QED) is 0.725. The maximum Gasteiger partial charge on any atom is 0.227 e. The number of Topliss-reactive ketones (excluding diaryl/α,β-unsaturated/α-hetero) is 1. The minimum atomic E-state index is -0.410. The summed E-state index contributed by atoms with van der Waals surface area (Å²) in [5.74, 6) is -0.577. The van der Waals surface area contributed by atoms with Gasteiger partial charge < -0.3 is 14.7 Å². The lowest BCUT2D eigenvalue weighted by molar-refractivity contribution is -0.142. The predicted octanol–water partition coefficient (Wildman–Crippen LogP) is 2.57. The number of likely N-dealkylation sites (tertiary alicyclic amines) is 1. The molecule has 0 bridgehead atoms. The zero-order chi connectivity index (χ0) is 21.1. The van der Waals surface area contributed by atoms with E-state index in [2.05, 4.69) is 0 Å². The first-order valence-electron chi connectivity index (χ1n) is 10.4. The number of halogens is 1. The van der Waals surface area contributed by atoms with Gasteiger partial charge in [0.05, 0.1) is 11.6 Å². The maximum atomic E-state index is 14.4. The molecule has 2 aliphatic rings. The second kappa shape index (κ2) is 8.93. The molecule has 0 radical (unpaired) electrons. The standard InChI is InChI=1S/C22H30FN3O3/c1-15(2)21(28)26-8-4-5-18(14-26)22(29)25-11-9-24(10-12-25)20-7-6-17(16(3)27)13-19(20)23/h6-7,13,15,18H,4-5,8-12,14H2,1-3H3. The fourth-order valence-electron chi connectivity index (χ4n) is 4.15. The van der Waals surface area contributed by atoms with Crippen LogP contribution in [0.1, 0.15) is 44.0 Å². The number of piperidine rings is 1. The van der Waals surface area contributed by atoms with Crippen LogP contribution in [0.2, 0.25) is 0 Å². The van der Waals surface area contributed by atoms with Gasteiger partial charge in [0.2, 0.25) is 11.8 Å². The molecular formula is C22H30FN3O3. The predicted molar refractivity (Wildman–Crippen MR) is 109 cm³/mol. The Kier molecular flexibility index (Phi) is 6.55. The highest BCUT2D eigenvalue weighted by atomic mass is 19.1. The van der Waals surface area contributed by atoms with E-state index in [1.807, 2.05) is 28.5 Å². The van der Waals surface area contributed by atoms with Gasteiger partial charge in [-0.3, -0.25) is 14.4 Å². The van der Waals surface area contributed by atoms with Crippen molar-refractivity contribution < 1.29 is 18.8 Å². The number of anilines is 1. The van der Waals surface area contributed by atoms with Crippen molar-refractivity contribution >= 4 is 23.3 Å². The van der Waals surface area contributed by atoms with Crippen molar-refractivity contribution in [2.75, 3.05) is 44.2 Å². The van der Waals surface area contributed by atoms with Gasteiger partial charge in [0.15, 0.2) is 5.78 Å². The fraction of sp³-hybridized carbons (Fsp3) is 0.591. The number of hydrogen-bond donors (Lipinski definition) is 0. The number of rotatable bonds is 4. The summed E-state index contributed by atoms with van der Waals surface area (Å²) in [5.41, 5.74) is 0.825. The first-order chi connectivity index (χ1) is 13.8. The highest BCUT2D eigenvalue weighted by molar-refractivity contribution is 5.94. The molecule has 0 N–H and O–H groups in total. The number of carbonyl (C=O) groups is 3. The Morgan fingerprint density at radius 2 is 1.72 bits per heavy atom. The molecule has 2 fully saturated rings. The molecule has 0 spiro atoms. The Morgan fingerprint density at radius 1 is 1.03 bits per heavy atom. The largest absolute Gasteiger partial charge is 0.366 e. The van der Waals surface area contributed by atoms with E-state index in [1.165, 1.54) is 13.0 Å². The molecule has 6 nitrogen and oxygen atoms in total. The van der Waals surface area contributed by atoms with E-state index in [9.17, 15) is 18.8 Å². The summed E-state index contributed by atoms with van der Waals surface area (Å²) in [6, 6.07) is 4.55. The third kappa shape index (κ3) is 4.77. The van der Waals surface area contributed by atoms with E-state index >= 15 is 0 Å². The van der Waals surface area contributed by atoms with Gasteiger partial charge >= 0.3 is 0 Å². The molecule has 29 heavy (non-hydrogen) atoms. The van der Waals surface area contributed by atoms with Crippen molar-refractivity contribution in [3.8, 4) is 0 Å². The average Bonchev–Trinajstić information content (AvgIpc) is 2.72. The number of amides is 2. The van der Waals surface area contributed by atoms with Crippen molar-refractivity contribution in [1.29, 1.82) is 0 Å². The van der Waals surface area contributed by atoms with E-state index in [4.69, 9.17) is 0 Å². The monoisotopic (exact) mass is 403 g/mol. The first-order valence-corrected chi connectivity index (χ1v) is 10.4. The number of nitrogens with zero attached hydrogens (tertiary/aromatic N) is 3. The molecule has 2 amide bonds. The van der Waals surface area contributed by atoms with Crippen molar-refractivity contribution in [1.82, 2.24) is 9.80 Å². The average molecular weight is 403 g/mol. The number of piperazine rings is 1. The fourth-order valence-corrected chi connectivity index (χ4v) is 4.15. The van der Waals surface area contributed by atoms with Crippen LogP contribution in [-0.2, 0) is 9.59 Å². The third-order valence-corrected chi connectivity index (χ3v) is 5.86. The molecule has 1 unspecified atom stereocenters. The third-order valence-electron chi connectivity index (χ3n) is 5.86. The summed E-state index contributed by atoms with van der Waals surface area (Å²) in [7, 11) is 0. The van der Waals surface area contributed by atoms with Crippen LogP contribution in [0, 0.1) is 17.7 Å². The van der Waals surface area contributed by atoms with Gasteiger partial charge in [-0.2, -0.15) is 0 Å². The summed E-state index contributed by atoms with van der Waals surface area (Å²) >= 11 is 0. The van der Waals surface area contributed by atoms with Crippen LogP contribution in [0.4, 0.5) is 10.1 Å². The number of hydrogen-bond acceptors (Lipinski definition) is 4. The highest BCUT2D eigenvalue weighted by Gasteiger charge is 2.33. The van der Waals surface area contributed by atoms with Crippen LogP contribution in [0.15, 0.2) is 18.2 Å². The number of benzene rings is 1. The number of ketones is 1. The van der Waals surface area contributed by atoms with Crippen LogP contribution in [-0.4, -0.2) is 66.7 Å². The molecule has 3 rings (SSSR count). The minimum Gasteiger partial charge on any atom is -0.366 e. The maximum absolute atomic E-state index is 14.4. The topological polar surface area (TPSA) is 60.9 Å².